The van der Waals surface area contributed by atoms with Crippen molar-refractivity contribution >= 4 is 11.6 Å². The van der Waals surface area contributed by atoms with Crippen molar-refractivity contribution < 1.29 is 0 Å². The van der Waals surface area contributed by atoms with Gasteiger partial charge in [-0.1, -0.05) is 54.1 Å². The first-order chi connectivity index (χ1) is 10.1. The van der Waals surface area contributed by atoms with Crippen LogP contribution in [0.25, 0.3) is 0 Å². The third-order valence-corrected chi connectivity index (χ3v) is 4.57. The van der Waals surface area contributed by atoms with Gasteiger partial charge in [0.15, 0.2) is 0 Å². The van der Waals surface area contributed by atoms with Gasteiger partial charge in [0, 0.05) is 23.7 Å². The summed E-state index contributed by atoms with van der Waals surface area (Å²) in [6, 6.07) is 16.8. The highest BCUT2D eigenvalue weighted by Gasteiger charge is 2.23. The topological polar surface area (TPSA) is 29.3 Å². The summed E-state index contributed by atoms with van der Waals surface area (Å²) < 4.78 is 0. The summed E-state index contributed by atoms with van der Waals surface area (Å²) in [5, 5.41) is 0.803. The summed E-state index contributed by atoms with van der Waals surface area (Å²) in [6.07, 6.45) is 0. The zero-order valence-electron chi connectivity index (χ0n) is 12.9. The summed E-state index contributed by atoms with van der Waals surface area (Å²) in [4.78, 5) is 2.30. The average molecular weight is 303 g/mol. The Balaban J connectivity index is 2.31. The van der Waals surface area contributed by atoms with Crippen LogP contribution in [0.4, 0.5) is 0 Å². The molecule has 2 rings (SSSR count). The lowest BCUT2D eigenvalue weighted by atomic mass is 9.97. The fraction of sp³-hybridized carbons (Fsp3) is 0.333. The van der Waals surface area contributed by atoms with E-state index in [0.29, 0.717) is 6.54 Å². The van der Waals surface area contributed by atoms with Gasteiger partial charge in [-0.05, 0) is 43.7 Å². The van der Waals surface area contributed by atoms with Gasteiger partial charge >= 0.3 is 0 Å². The van der Waals surface area contributed by atoms with Crippen molar-refractivity contribution in [1.82, 2.24) is 4.90 Å². The van der Waals surface area contributed by atoms with Crippen molar-refractivity contribution in [3.05, 3.63) is 70.2 Å². The zero-order valence-corrected chi connectivity index (χ0v) is 13.6. The highest BCUT2D eigenvalue weighted by molar-refractivity contribution is 6.31. The van der Waals surface area contributed by atoms with Gasteiger partial charge in [0.05, 0.1) is 0 Å². The van der Waals surface area contributed by atoms with Crippen LogP contribution in [0.2, 0.25) is 5.02 Å². The molecule has 0 aliphatic rings. The van der Waals surface area contributed by atoms with Crippen molar-refractivity contribution in [2.75, 3.05) is 13.6 Å². The molecule has 0 saturated carbocycles. The summed E-state index contributed by atoms with van der Waals surface area (Å²) in [5.41, 5.74) is 9.74. The monoisotopic (exact) mass is 302 g/mol. The Morgan fingerprint density at radius 2 is 1.62 bits per heavy atom. The molecular weight excluding hydrogens is 280 g/mol. The maximum absolute atomic E-state index is 6.33. The molecule has 2 unspecified atom stereocenters. The van der Waals surface area contributed by atoms with Crippen molar-refractivity contribution in [3.8, 4) is 0 Å². The summed E-state index contributed by atoms with van der Waals surface area (Å²) in [5.74, 6) is 0. The van der Waals surface area contributed by atoms with Crippen molar-refractivity contribution in [1.29, 1.82) is 0 Å². The minimum atomic E-state index is 0.178. The first kappa shape index (κ1) is 16.0. The lowest BCUT2D eigenvalue weighted by Gasteiger charge is -2.34. The van der Waals surface area contributed by atoms with Crippen LogP contribution in [0.15, 0.2) is 48.5 Å². The fourth-order valence-electron chi connectivity index (χ4n) is 2.78. The van der Waals surface area contributed by atoms with Gasteiger partial charge in [-0.25, -0.2) is 0 Å². The number of aryl methyl sites for hydroxylation is 1. The van der Waals surface area contributed by atoms with Gasteiger partial charge in [0.25, 0.3) is 0 Å². The van der Waals surface area contributed by atoms with Crippen LogP contribution < -0.4 is 5.73 Å². The molecule has 0 amide bonds. The Hall–Kier alpha value is -1.35. The second kappa shape index (κ2) is 7.08. The van der Waals surface area contributed by atoms with Gasteiger partial charge < -0.3 is 5.73 Å². The van der Waals surface area contributed by atoms with Crippen LogP contribution in [0.1, 0.15) is 35.7 Å². The first-order valence-corrected chi connectivity index (χ1v) is 7.66. The quantitative estimate of drug-likeness (QED) is 0.890. The molecule has 0 saturated heterocycles. The molecule has 112 valence electrons. The number of nitrogens with two attached hydrogens (primary N) is 1. The van der Waals surface area contributed by atoms with E-state index in [0.717, 1.165) is 10.6 Å². The van der Waals surface area contributed by atoms with Gasteiger partial charge in [-0.3, -0.25) is 4.90 Å². The highest BCUT2D eigenvalue weighted by Crippen LogP contribution is 2.32. The Kier molecular flexibility index (Phi) is 5.40. The van der Waals surface area contributed by atoms with Crippen LogP contribution in [0.5, 0.6) is 0 Å². The van der Waals surface area contributed by atoms with Crippen LogP contribution in [0, 0.1) is 6.92 Å². The molecule has 0 spiro atoms. The Labute approximate surface area is 132 Å². The molecular formula is C18H23ClN2. The van der Waals surface area contributed by atoms with Gasteiger partial charge in [-0.2, -0.15) is 0 Å². The molecule has 2 aromatic carbocycles. The molecule has 0 heterocycles. The van der Waals surface area contributed by atoms with E-state index in [1.54, 1.807) is 0 Å². The second-order valence-electron chi connectivity index (χ2n) is 5.47. The number of likely N-dealkylation sites (N-methyl/N-ethyl adjacent to an activating group) is 1. The van der Waals surface area contributed by atoms with Crippen LogP contribution in [-0.2, 0) is 0 Å². The number of benzene rings is 2. The van der Waals surface area contributed by atoms with Crippen molar-refractivity contribution in [2.45, 2.75) is 25.9 Å². The van der Waals surface area contributed by atoms with Crippen molar-refractivity contribution in [3.63, 3.8) is 0 Å². The zero-order chi connectivity index (χ0) is 15.4. The van der Waals surface area contributed by atoms with E-state index < -0.39 is 0 Å². The third kappa shape index (κ3) is 3.46. The molecule has 2 N–H and O–H groups in total. The first-order valence-electron chi connectivity index (χ1n) is 7.28. The predicted molar refractivity (Wildman–Crippen MR) is 90.6 cm³/mol. The van der Waals surface area contributed by atoms with E-state index in [-0.39, 0.29) is 12.1 Å². The van der Waals surface area contributed by atoms with Crippen LogP contribution in [-0.4, -0.2) is 18.5 Å². The minimum absolute atomic E-state index is 0.178. The van der Waals surface area contributed by atoms with Crippen LogP contribution >= 0.6 is 11.6 Å². The van der Waals surface area contributed by atoms with E-state index in [1.165, 1.54) is 11.1 Å². The molecule has 2 atom stereocenters. The molecule has 0 aromatic heterocycles. The molecule has 3 heteroatoms. The van der Waals surface area contributed by atoms with E-state index in [4.69, 9.17) is 17.3 Å². The Morgan fingerprint density at radius 3 is 2.19 bits per heavy atom. The number of rotatable bonds is 5. The average Bonchev–Trinajstić information content (AvgIpc) is 2.49. The van der Waals surface area contributed by atoms with Gasteiger partial charge in [0.2, 0.25) is 0 Å². The molecule has 2 nitrogen and oxygen atoms in total. The molecule has 0 aliphatic heterocycles. The number of nitrogens with zero attached hydrogens (tertiary/aromatic N) is 1. The standard InChI is InChI=1S/C18H23ClN2/c1-13-8-4-5-9-15(13)18(12-20)21(3)14(2)16-10-6-7-11-17(16)19/h4-11,14,18H,12,20H2,1-3H3. The smallest absolute Gasteiger partial charge is 0.0476 e. The lowest BCUT2D eigenvalue weighted by Crippen LogP contribution is -2.33. The summed E-state index contributed by atoms with van der Waals surface area (Å²) >= 11 is 6.33. The van der Waals surface area contributed by atoms with E-state index in [1.807, 2.05) is 18.2 Å². The summed E-state index contributed by atoms with van der Waals surface area (Å²) in [6.45, 7) is 4.88. The third-order valence-electron chi connectivity index (χ3n) is 4.23. The lowest BCUT2D eigenvalue weighted by molar-refractivity contribution is 0.190. The predicted octanol–water partition coefficient (Wildman–Crippen LogP) is 4.34. The molecule has 21 heavy (non-hydrogen) atoms. The summed E-state index contributed by atoms with van der Waals surface area (Å²) in [7, 11) is 2.11. The van der Waals surface area contributed by atoms with Gasteiger partial charge in [-0.15, -0.1) is 0 Å². The number of hydrogen-bond acceptors (Lipinski definition) is 2. The molecule has 0 aliphatic carbocycles. The largest absolute Gasteiger partial charge is 0.329 e. The SMILES string of the molecule is Cc1ccccc1C(CN)N(C)C(C)c1ccccc1Cl. The van der Waals surface area contributed by atoms with Crippen molar-refractivity contribution in [2.24, 2.45) is 5.73 Å². The highest BCUT2D eigenvalue weighted by atomic mass is 35.5. The maximum atomic E-state index is 6.33. The minimum Gasteiger partial charge on any atom is -0.329 e. The second-order valence-corrected chi connectivity index (χ2v) is 5.88. The molecule has 2 aromatic rings. The van der Waals surface area contributed by atoms with E-state index >= 15 is 0 Å². The molecule has 0 radical (unpaired) electrons. The van der Waals surface area contributed by atoms with Gasteiger partial charge in [0.1, 0.15) is 0 Å². The maximum Gasteiger partial charge on any atom is 0.0476 e. The number of halogens is 1. The van der Waals surface area contributed by atoms with Crippen LogP contribution in [0.3, 0.4) is 0 Å². The fourth-order valence-corrected chi connectivity index (χ4v) is 3.07. The molecule has 0 bridgehead atoms. The Morgan fingerprint density at radius 1 is 1.05 bits per heavy atom. The van der Waals surface area contributed by atoms with E-state index in [9.17, 15) is 0 Å². The normalized spacial score (nSPS) is 14.2. The Bertz CT molecular complexity index is 597. The molecule has 0 fully saturated rings. The number of hydrogen-bond donors (Lipinski definition) is 1. The van der Waals surface area contributed by atoms with E-state index in [2.05, 4.69) is 56.1 Å².